The van der Waals surface area contributed by atoms with Crippen LogP contribution in [0.25, 0.3) is 10.9 Å². The molecule has 0 radical (unpaired) electrons. The predicted molar refractivity (Wildman–Crippen MR) is 82.3 cm³/mol. The van der Waals surface area contributed by atoms with Crippen LogP contribution in [-0.2, 0) is 17.3 Å². The van der Waals surface area contributed by atoms with Gasteiger partial charge in [0.25, 0.3) is 0 Å². The smallest absolute Gasteiger partial charge is 0.123 e. The van der Waals surface area contributed by atoms with Gasteiger partial charge in [-0.25, -0.2) is 4.39 Å². The van der Waals surface area contributed by atoms with E-state index in [0.717, 1.165) is 27.1 Å². The minimum atomic E-state index is -1.08. The maximum atomic E-state index is 13.3. The summed E-state index contributed by atoms with van der Waals surface area (Å²) in [7, 11) is -1.08. The van der Waals surface area contributed by atoms with Crippen molar-refractivity contribution < 1.29 is 8.60 Å². The first-order chi connectivity index (χ1) is 10.1. The summed E-state index contributed by atoms with van der Waals surface area (Å²) in [5.41, 5.74) is 2.72. The lowest BCUT2D eigenvalue weighted by Crippen LogP contribution is -2.03. The van der Waals surface area contributed by atoms with Crippen LogP contribution in [-0.4, -0.2) is 20.0 Å². The molecule has 0 aliphatic rings. The zero-order chi connectivity index (χ0) is 15.0. The van der Waals surface area contributed by atoms with Crippen molar-refractivity contribution in [2.75, 3.05) is 6.26 Å². The van der Waals surface area contributed by atoms with Crippen LogP contribution in [0.2, 0.25) is 0 Å². The van der Waals surface area contributed by atoms with E-state index in [1.54, 1.807) is 24.7 Å². The molecule has 108 valence electrons. The number of aromatic nitrogens is 2. The molecule has 1 aromatic carbocycles. The van der Waals surface area contributed by atoms with Gasteiger partial charge >= 0.3 is 0 Å². The lowest BCUT2D eigenvalue weighted by Gasteiger charge is -2.08. The van der Waals surface area contributed by atoms with E-state index in [1.807, 2.05) is 23.6 Å². The van der Waals surface area contributed by atoms with Crippen molar-refractivity contribution >= 4 is 21.7 Å². The molecule has 0 amide bonds. The molecule has 2 aromatic heterocycles. The Hall–Kier alpha value is -2.01. The zero-order valence-electron chi connectivity index (χ0n) is 11.8. The molecule has 21 heavy (non-hydrogen) atoms. The Morgan fingerprint density at radius 3 is 2.86 bits per heavy atom. The molecule has 0 fully saturated rings. The van der Waals surface area contributed by atoms with E-state index >= 15 is 0 Å². The molecule has 0 aliphatic carbocycles. The zero-order valence-corrected chi connectivity index (χ0v) is 12.7. The summed E-state index contributed by atoms with van der Waals surface area (Å²) in [4.78, 5) is 4.98. The predicted octanol–water partition coefficient (Wildman–Crippen LogP) is 3.27. The van der Waals surface area contributed by atoms with Gasteiger partial charge in [0.15, 0.2) is 0 Å². The topological polar surface area (TPSA) is 34.9 Å². The highest BCUT2D eigenvalue weighted by Crippen LogP contribution is 2.28. The number of nitrogens with zero attached hydrogens (tertiary/aromatic N) is 2. The van der Waals surface area contributed by atoms with Gasteiger partial charge in [0.05, 0.1) is 27.4 Å². The lowest BCUT2D eigenvalue weighted by atomic mass is 10.2. The van der Waals surface area contributed by atoms with Gasteiger partial charge in [0.1, 0.15) is 5.82 Å². The molecule has 0 bridgehead atoms. The third kappa shape index (κ3) is 2.49. The molecule has 0 saturated carbocycles. The van der Waals surface area contributed by atoms with Gasteiger partial charge in [-0.1, -0.05) is 12.1 Å². The van der Waals surface area contributed by atoms with Crippen LogP contribution in [0.4, 0.5) is 4.39 Å². The summed E-state index contributed by atoms with van der Waals surface area (Å²) in [5, 5.41) is 0.944. The molecule has 1 atom stereocenters. The van der Waals surface area contributed by atoms with Gasteiger partial charge in [-0.05, 0) is 30.7 Å². The Balaban J connectivity index is 2.18. The summed E-state index contributed by atoms with van der Waals surface area (Å²) >= 11 is 0. The SMILES string of the molecule is Cc1c(S(C)=O)c2ccncc2n1Cc1cccc(F)c1. The second-order valence-corrected chi connectivity index (χ2v) is 6.29. The average molecular weight is 302 g/mol. The fourth-order valence-electron chi connectivity index (χ4n) is 2.68. The first-order valence-corrected chi connectivity index (χ1v) is 8.14. The minimum Gasteiger partial charge on any atom is -0.338 e. The Bertz CT molecular complexity index is 841. The molecule has 3 aromatic rings. The second-order valence-electron chi connectivity index (χ2n) is 4.98. The van der Waals surface area contributed by atoms with Crippen LogP contribution in [0.5, 0.6) is 0 Å². The monoisotopic (exact) mass is 302 g/mol. The molecule has 1 unspecified atom stereocenters. The number of benzene rings is 1. The van der Waals surface area contributed by atoms with Gasteiger partial charge in [0, 0.05) is 30.1 Å². The molecule has 0 saturated heterocycles. The number of pyridine rings is 1. The summed E-state index contributed by atoms with van der Waals surface area (Å²) in [6, 6.07) is 8.40. The van der Waals surface area contributed by atoms with E-state index in [-0.39, 0.29) is 5.82 Å². The number of halogens is 1. The van der Waals surface area contributed by atoms with Crippen molar-refractivity contribution in [1.29, 1.82) is 0 Å². The highest BCUT2D eigenvalue weighted by Gasteiger charge is 2.16. The van der Waals surface area contributed by atoms with Gasteiger partial charge in [-0.3, -0.25) is 9.19 Å². The van der Waals surface area contributed by atoms with E-state index in [1.165, 1.54) is 12.1 Å². The van der Waals surface area contributed by atoms with E-state index in [9.17, 15) is 8.60 Å². The maximum absolute atomic E-state index is 13.3. The molecule has 0 spiro atoms. The van der Waals surface area contributed by atoms with Gasteiger partial charge in [-0.15, -0.1) is 0 Å². The third-order valence-electron chi connectivity index (χ3n) is 3.59. The van der Waals surface area contributed by atoms with Gasteiger partial charge in [0.2, 0.25) is 0 Å². The van der Waals surface area contributed by atoms with Crippen molar-refractivity contribution in [3.05, 3.63) is 59.8 Å². The molecule has 3 rings (SSSR count). The average Bonchev–Trinajstić information content (AvgIpc) is 2.72. The standard InChI is InChI=1S/C16H15FN2OS/c1-11-16(21(2)20)14-6-7-18-9-15(14)19(11)10-12-4-3-5-13(17)8-12/h3-9H,10H2,1-2H3. The lowest BCUT2D eigenvalue weighted by molar-refractivity contribution is 0.623. The van der Waals surface area contributed by atoms with E-state index < -0.39 is 10.8 Å². The molecule has 0 aliphatic heterocycles. The van der Waals surface area contributed by atoms with Crippen LogP contribution in [0.3, 0.4) is 0 Å². The van der Waals surface area contributed by atoms with Crippen molar-refractivity contribution in [3.8, 4) is 0 Å². The highest BCUT2D eigenvalue weighted by atomic mass is 32.2. The van der Waals surface area contributed by atoms with E-state index in [0.29, 0.717) is 6.54 Å². The number of fused-ring (bicyclic) bond motifs is 1. The molecule has 0 N–H and O–H groups in total. The fraction of sp³-hybridized carbons (Fsp3) is 0.188. The summed E-state index contributed by atoms with van der Waals surface area (Å²) in [6.45, 7) is 2.47. The van der Waals surface area contributed by atoms with Crippen LogP contribution in [0.15, 0.2) is 47.6 Å². The Kier molecular flexibility index (Phi) is 3.59. The Morgan fingerprint density at radius 1 is 1.33 bits per heavy atom. The molecular formula is C16H15FN2OS. The van der Waals surface area contributed by atoms with Gasteiger partial charge in [-0.2, -0.15) is 0 Å². The quantitative estimate of drug-likeness (QED) is 0.744. The summed E-state index contributed by atoms with van der Waals surface area (Å²) in [6.07, 6.45) is 5.14. The molecule has 3 nitrogen and oxygen atoms in total. The van der Waals surface area contributed by atoms with Crippen molar-refractivity contribution in [1.82, 2.24) is 9.55 Å². The summed E-state index contributed by atoms with van der Waals surface area (Å²) < 4.78 is 27.4. The molecular weight excluding hydrogens is 287 g/mol. The fourth-order valence-corrected chi connectivity index (χ4v) is 3.68. The highest BCUT2D eigenvalue weighted by molar-refractivity contribution is 7.84. The van der Waals surface area contributed by atoms with Crippen molar-refractivity contribution in [2.45, 2.75) is 18.4 Å². The Morgan fingerprint density at radius 2 is 2.14 bits per heavy atom. The van der Waals surface area contributed by atoms with Crippen LogP contribution >= 0.6 is 0 Å². The molecule has 5 heteroatoms. The Labute approximate surface area is 124 Å². The first kappa shape index (κ1) is 13.9. The van der Waals surface area contributed by atoms with Crippen molar-refractivity contribution in [3.63, 3.8) is 0 Å². The normalized spacial score (nSPS) is 12.7. The van der Waals surface area contributed by atoms with Crippen LogP contribution in [0, 0.1) is 12.7 Å². The number of hydrogen-bond donors (Lipinski definition) is 0. The second kappa shape index (κ2) is 5.41. The van der Waals surface area contributed by atoms with Crippen LogP contribution < -0.4 is 0 Å². The van der Waals surface area contributed by atoms with Crippen molar-refractivity contribution in [2.24, 2.45) is 0 Å². The maximum Gasteiger partial charge on any atom is 0.123 e. The van der Waals surface area contributed by atoms with Gasteiger partial charge < -0.3 is 4.57 Å². The number of hydrogen-bond acceptors (Lipinski definition) is 2. The van der Waals surface area contributed by atoms with Crippen LogP contribution in [0.1, 0.15) is 11.3 Å². The third-order valence-corrected chi connectivity index (χ3v) is 4.68. The first-order valence-electron chi connectivity index (χ1n) is 6.58. The molecule has 2 heterocycles. The summed E-state index contributed by atoms with van der Waals surface area (Å²) in [5.74, 6) is -0.251. The van der Waals surface area contributed by atoms with E-state index in [2.05, 4.69) is 4.98 Å². The number of rotatable bonds is 3. The minimum absolute atomic E-state index is 0.251. The van der Waals surface area contributed by atoms with E-state index in [4.69, 9.17) is 0 Å². The largest absolute Gasteiger partial charge is 0.338 e.